The molecule has 3 rings (SSSR count). The topological polar surface area (TPSA) is 71.1 Å². The van der Waals surface area contributed by atoms with Crippen molar-refractivity contribution in [2.45, 2.75) is 25.9 Å². The van der Waals surface area contributed by atoms with Crippen molar-refractivity contribution in [1.29, 1.82) is 0 Å². The number of amides is 2. The summed E-state index contributed by atoms with van der Waals surface area (Å²) >= 11 is 6.03. The maximum absolute atomic E-state index is 12.8. The van der Waals surface area contributed by atoms with Gasteiger partial charge in [0.05, 0.1) is 20.3 Å². The van der Waals surface area contributed by atoms with Crippen molar-refractivity contribution in [1.82, 2.24) is 15.1 Å². The molecule has 172 valence electrons. The van der Waals surface area contributed by atoms with Crippen LogP contribution in [0.2, 0.25) is 5.02 Å². The Morgan fingerprint density at radius 1 is 1.03 bits per heavy atom. The molecule has 2 aromatic carbocycles. The summed E-state index contributed by atoms with van der Waals surface area (Å²) in [7, 11) is 3.17. The van der Waals surface area contributed by atoms with E-state index in [2.05, 4.69) is 10.2 Å². The first-order valence-corrected chi connectivity index (χ1v) is 11.1. The molecule has 0 aliphatic carbocycles. The number of nitrogens with zero attached hydrogens (tertiary/aromatic N) is 2. The van der Waals surface area contributed by atoms with Gasteiger partial charge < -0.3 is 19.7 Å². The van der Waals surface area contributed by atoms with Gasteiger partial charge in [0.1, 0.15) is 0 Å². The van der Waals surface area contributed by atoms with Gasteiger partial charge in [-0.2, -0.15) is 0 Å². The van der Waals surface area contributed by atoms with Crippen molar-refractivity contribution < 1.29 is 19.1 Å². The van der Waals surface area contributed by atoms with Crippen LogP contribution in [0, 0.1) is 0 Å². The monoisotopic (exact) mass is 459 g/mol. The third-order valence-corrected chi connectivity index (χ3v) is 5.97. The number of hydrogen-bond acceptors (Lipinski definition) is 5. The average molecular weight is 460 g/mol. The van der Waals surface area contributed by atoms with Gasteiger partial charge in [-0.25, -0.2) is 0 Å². The molecule has 1 atom stereocenters. The van der Waals surface area contributed by atoms with E-state index < -0.39 is 0 Å². The van der Waals surface area contributed by atoms with E-state index in [1.165, 1.54) is 0 Å². The van der Waals surface area contributed by atoms with Crippen LogP contribution in [0.25, 0.3) is 0 Å². The largest absolute Gasteiger partial charge is 0.493 e. The van der Waals surface area contributed by atoms with E-state index in [9.17, 15) is 9.59 Å². The molecule has 1 N–H and O–H groups in total. The highest BCUT2D eigenvalue weighted by atomic mass is 35.5. The Morgan fingerprint density at radius 3 is 2.53 bits per heavy atom. The van der Waals surface area contributed by atoms with Crippen LogP contribution < -0.4 is 14.8 Å². The second kappa shape index (κ2) is 11.2. The summed E-state index contributed by atoms with van der Waals surface area (Å²) in [6.45, 7) is 4.91. The van der Waals surface area contributed by atoms with Crippen LogP contribution in [0.3, 0.4) is 0 Å². The van der Waals surface area contributed by atoms with Gasteiger partial charge in [0.2, 0.25) is 5.91 Å². The molecule has 8 heteroatoms. The Kier molecular flexibility index (Phi) is 8.36. The van der Waals surface area contributed by atoms with E-state index in [4.69, 9.17) is 21.1 Å². The highest BCUT2D eigenvalue weighted by molar-refractivity contribution is 6.30. The fourth-order valence-electron chi connectivity index (χ4n) is 3.83. The first-order valence-electron chi connectivity index (χ1n) is 10.7. The lowest BCUT2D eigenvalue weighted by atomic mass is 10.2. The Bertz CT molecular complexity index is 953. The van der Waals surface area contributed by atoms with Crippen molar-refractivity contribution in [2.75, 3.05) is 40.4 Å². The highest BCUT2D eigenvalue weighted by Crippen LogP contribution is 2.27. The van der Waals surface area contributed by atoms with Gasteiger partial charge in [-0.15, -0.1) is 0 Å². The number of methoxy groups -OCH3 is 2. The Hall–Kier alpha value is -2.77. The smallest absolute Gasteiger partial charge is 0.253 e. The summed E-state index contributed by atoms with van der Waals surface area (Å²) in [4.78, 5) is 29.6. The Morgan fingerprint density at radius 2 is 1.81 bits per heavy atom. The third kappa shape index (κ3) is 5.93. The Balaban J connectivity index is 1.54. The van der Waals surface area contributed by atoms with E-state index in [1.807, 2.05) is 30.0 Å². The first-order chi connectivity index (χ1) is 15.4. The van der Waals surface area contributed by atoms with Gasteiger partial charge in [-0.05, 0) is 49.2 Å². The van der Waals surface area contributed by atoms with E-state index in [1.54, 1.807) is 38.5 Å². The van der Waals surface area contributed by atoms with Gasteiger partial charge in [-0.1, -0.05) is 23.7 Å². The molecule has 1 fully saturated rings. The molecule has 0 radical (unpaired) electrons. The minimum atomic E-state index is -0.295. The second-order valence-corrected chi connectivity index (χ2v) is 8.21. The molecule has 1 unspecified atom stereocenters. The quantitative estimate of drug-likeness (QED) is 0.688. The maximum atomic E-state index is 12.8. The van der Waals surface area contributed by atoms with E-state index in [-0.39, 0.29) is 17.9 Å². The summed E-state index contributed by atoms with van der Waals surface area (Å²) in [5, 5.41) is 3.55. The fraction of sp³-hybridized carbons (Fsp3) is 0.417. The van der Waals surface area contributed by atoms with Crippen molar-refractivity contribution in [3.05, 3.63) is 58.6 Å². The average Bonchev–Trinajstić information content (AvgIpc) is 3.07. The molecule has 2 aromatic rings. The molecule has 1 saturated heterocycles. The molecule has 1 aliphatic rings. The van der Waals surface area contributed by atoms with Gasteiger partial charge in [0.15, 0.2) is 11.5 Å². The molecular weight excluding hydrogens is 430 g/mol. The molecule has 7 nitrogen and oxygen atoms in total. The molecule has 0 spiro atoms. The minimum Gasteiger partial charge on any atom is -0.493 e. The predicted molar refractivity (Wildman–Crippen MR) is 124 cm³/mol. The summed E-state index contributed by atoms with van der Waals surface area (Å²) in [5.41, 5.74) is 1.52. The zero-order chi connectivity index (χ0) is 23.1. The summed E-state index contributed by atoms with van der Waals surface area (Å²) in [6, 6.07) is 12.3. The normalized spacial score (nSPS) is 15.6. The molecule has 0 bridgehead atoms. The van der Waals surface area contributed by atoms with Gasteiger partial charge in [0.25, 0.3) is 5.91 Å². The number of ether oxygens (including phenoxy) is 2. The molecule has 0 saturated carbocycles. The summed E-state index contributed by atoms with van der Waals surface area (Å²) in [5.74, 6) is 1.20. The van der Waals surface area contributed by atoms with Crippen molar-refractivity contribution in [3.8, 4) is 11.5 Å². The van der Waals surface area contributed by atoms with Crippen LogP contribution in [0.5, 0.6) is 11.5 Å². The maximum Gasteiger partial charge on any atom is 0.253 e. The van der Waals surface area contributed by atoms with Gasteiger partial charge in [0, 0.05) is 43.3 Å². The fourth-order valence-corrected chi connectivity index (χ4v) is 4.02. The zero-order valence-corrected chi connectivity index (χ0v) is 19.5. The molecule has 1 heterocycles. The van der Waals surface area contributed by atoms with Gasteiger partial charge in [-0.3, -0.25) is 14.5 Å². The predicted octanol–water partition coefficient (Wildman–Crippen LogP) is 3.21. The standard InChI is InChI=1S/C24H30ClN3O4/c1-17(23(29)26-16-18-8-9-21(31-2)22(14-18)32-3)27-10-5-11-28(13-12-27)24(30)19-6-4-7-20(25)15-19/h4,6-9,14-15,17H,5,10-13,16H2,1-3H3,(H,26,29). The van der Waals surface area contributed by atoms with Crippen LogP contribution in [0.4, 0.5) is 0 Å². The van der Waals surface area contributed by atoms with Crippen LogP contribution in [-0.2, 0) is 11.3 Å². The number of carbonyl (C=O) groups is 2. The summed E-state index contributed by atoms with van der Waals surface area (Å²) < 4.78 is 10.6. The second-order valence-electron chi connectivity index (χ2n) is 7.78. The number of hydrogen-bond donors (Lipinski definition) is 1. The van der Waals surface area contributed by atoms with Crippen LogP contribution in [-0.4, -0.2) is 68.1 Å². The summed E-state index contributed by atoms with van der Waals surface area (Å²) in [6.07, 6.45) is 0.805. The van der Waals surface area contributed by atoms with Crippen LogP contribution >= 0.6 is 11.6 Å². The van der Waals surface area contributed by atoms with Gasteiger partial charge >= 0.3 is 0 Å². The third-order valence-electron chi connectivity index (χ3n) is 5.73. The Labute approximate surface area is 194 Å². The van der Waals surface area contributed by atoms with Crippen molar-refractivity contribution in [2.24, 2.45) is 0 Å². The number of nitrogens with one attached hydrogen (secondary N) is 1. The first kappa shape index (κ1) is 23.9. The molecule has 32 heavy (non-hydrogen) atoms. The minimum absolute atomic E-state index is 0.0279. The van der Waals surface area contributed by atoms with Crippen molar-refractivity contribution in [3.63, 3.8) is 0 Å². The van der Waals surface area contributed by atoms with E-state index in [0.29, 0.717) is 48.3 Å². The molecule has 1 aliphatic heterocycles. The number of halogens is 1. The van der Waals surface area contributed by atoms with E-state index >= 15 is 0 Å². The van der Waals surface area contributed by atoms with Crippen molar-refractivity contribution >= 4 is 23.4 Å². The van der Waals surface area contributed by atoms with Crippen LogP contribution in [0.15, 0.2) is 42.5 Å². The number of benzene rings is 2. The highest BCUT2D eigenvalue weighted by Gasteiger charge is 2.26. The lowest BCUT2D eigenvalue weighted by molar-refractivity contribution is -0.126. The zero-order valence-electron chi connectivity index (χ0n) is 18.8. The van der Waals surface area contributed by atoms with Crippen LogP contribution in [0.1, 0.15) is 29.3 Å². The van der Waals surface area contributed by atoms with E-state index in [0.717, 1.165) is 18.5 Å². The molecular formula is C24H30ClN3O4. The SMILES string of the molecule is COc1ccc(CNC(=O)C(C)N2CCCN(C(=O)c3cccc(Cl)c3)CC2)cc1OC. The lowest BCUT2D eigenvalue weighted by Gasteiger charge is -2.27. The lowest BCUT2D eigenvalue weighted by Crippen LogP contribution is -2.46. The molecule has 2 amide bonds. The molecule has 0 aromatic heterocycles. The number of carbonyl (C=O) groups excluding carboxylic acids is 2. The number of rotatable bonds is 7.